The van der Waals surface area contributed by atoms with Gasteiger partial charge in [0.15, 0.2) is 0 Å². The highest BCUT2D eigenvalue weighted by molar-refractivity contribution is 5.80. The van der Waals surface area contributed by atoms with Gasteiger partial charge in [-0.1, -0.05) is 70.5 Å². The molecule has 2 aromatic carbocycles. The van der Waals surface area contributed by atoms with Crippen LogP contribution in [0.5, 0.6) is 0 Å². The average Bonchev–Trinajstić information content (AvgIpc) is 2.91. The summed E-state index contributed by atoms with van der Waals surface area (Å²) in [5, 5.41) is 0. The van der Waals surface area contributed by atoms with Gasteiger partial charge in [-0.3, -0.25) is 0 Å². The maximum atomic E-state index is 4.89. The highest BCUT2D eigenvalue weighted by Crippen LogP contribution is 2.28. The van der Waals surface area contributed by atoms with Gasteiger partial charge in [0.25, 0.3) is 0 Å². The second kappa shape index (κ2) is 6.19. The van der Waals surface area contributed by atoms with Gasteiger partial charge in [-0.25, -0.2) is 4.98 Å². The molecule has 0 radical (unpaired) electrons. The first-order valence-electron chi connectivity index (χ1n) is 8.57. The molecule has 0 saturated carbocycles. The standard InChI is InChI=1S/C21H26N2/c1-5-6-15-23-19-10-8-7-9-18(19)22-20(23)16-11-13-17(14-12-16)21(2,3)4/h7-14H,5-6,15H2,1-4H3. The Morgan fingerprint density at radius 2 is 1.65 bits per heavy atom. The quantitative estimate of drug-likeness (QED) is 0.595. The van der Waals surface area contributed by atoms with Crippen LogP contribution in [0.3, 0.4) is 0 Å². The minimum absolute atomic E-state index is 0.181. The monoisotopic (exact) mass is 306 g/mol. The van der Waals surface area contributed by atoms with Crippen LogP contribution in [0.4, 0.5) is 0 Å². The number of hydrogen-bond acceptors (Lipinski definition) is 1. The van der Waals surface area contributed by atoms with Crippen LogP contribution < -0.4 is 0 Å². The predicted octanol–water partition coefficient (Wildman–Crippen LogP) is 5.80. The zero-order valence-corrected chi connectivity index (χ0v) is 14.6. The molecule has 3 aromatic rings. The predicted molar refractivity (Wildman–Crippen MR) is 98.8 cm³/mol. The van der Waals surface area contributed by atoms with Crippen molar-refractivity contribution in [1.29, 1.82) is 0 Å². The highest BCUT2D eigenvalue weighted by atomic mass is 15.1. The minimum atomic E-state index is 0.181. The first kappa shape index (κ1) is 15.8. The number of aromatic nitrogens is 2. The molecule has 0 saturated heterocycles. The molecule has 1 aromatic heterocycles. The lowest BCUT2D eigenvalue weighted by molar-refractivity contribution is 0.590. The van der Waals surface area contributed by atoms with Crippen molar-refractivity contribution in [2.75, 3.05) is 0 Å². The first-order valence-corrected chi connectivity index (χ1v) is 8.57. The summed E-state index contributed by atoms with van der Waals surface area (Å²) >= 11 is 0. The number of imidazole rings is 1. The van der Waals surface area contributed by atoms with Gasteiger partial charge in [0.1, 0.15) is 5.82 Å². The third-order valence-electron chi connectivity index (χ3n) is 4.40. The van der Waals surface area contributed by atoms with Crippen LogP contribution in [0, 0.1) is 0 Å². The largest absolute Gasteiger partial charge is 0.324 e. The number of hydrogen-bond donors (Lipinski definition) is 0. The summed E-state index contributed by atoms with van der Waals surface area (Å²) in [6.45, 7) is 10.00. The summed E-state index contributed by atoms with van der Waals surface area (Å²) in [7, 11) is 0. The van der Waals surface area contributed by atoms with Crippen LogP contribution in [0.15, 0.2) is 48.5 Å². The zero-order chi connectivity index (χ0) is 16.4. The van der Waals surface area contributed by atoms with E-state index in [0.29, 0.717) is 0 Å². The molecular formula is C21H26N2. The molecule has 1 heterocycles. The van der Waals surface area contributed by atoms with Gasteiger partial charge in [0.05, 0.1) is 11.0 Å². The van der Waals surface area contributed by atoms with Crippen molar-refractivity contribution in [2.45, 2.75) is 52.5 Å². The Morgan fingerprint density at radius 1 is 0.957 bits per heavy atom. The fourth-order valence-electron chi connectivity index (χ4n) is 2.96. The van der Waals surface area contributed by atoms with E-state index in [0.717, 1.165) is 17.9 Å². The second-order valence-corrected chi connectivity index (χ2v) is 7.26. The molecule has 0 bridgehead atoms. The fourth-order valence-corrected chi connectivity index (χ4v) is 2.96. The van der Waals surface area contributed by atoms with Gasteiger partial charge in [-0.15, -0.1) is 0 Å². The molecule has 0 spiro atoms. The molecule has 0 N–H and O–H groups in total. The Hall–Kier alpha value is -2.09. The molecule has 0 aliphatic carbocycles. The van der Waals surface area contributed by atoms with Gasteiger partial charge in [0, 0.05) is 12.1 Å². The van der Waals surface area contributed by atoms with E-state index in [1.165, 1.54) is 29.5 Å². The smallest absolute Gasteiger partial charge is 0.141 e. The number of para-hydroxylation sites is 2. The molecule has 3 rings (SSSR count). The van der Waals surface area contributed by atoms with Crippen LogP contribution in [0.2, 0.25) is 0 Å². The summed E-state index contributed by atoms with van der Waals surface area (Å²) < 4.78 is 2.37. The number of fused-ring (bicyclic) bond motifs is 1. The molecule has 0 aliphatic rings. The maximum absolute atomic E-state index is 4.89. The summed E-state index contributed by atoms with van der Waals surface area (Å²) in [4.78, 5) is 4.89. The van der Waals surface area contributed by atoms with Gasteiger partial charge >= 0.3 is 0 Å². The van der Waals surface area contributed by atoms with Crippen molar-refractivity contribution in [3.8, 4) is 11.4 Å². The molecule has 0 aliphatic heterocycles. The van der Waals surface area contributed by atoms with E-state index in [9.17, 15) is 0 Å². The van der Waals surface area contributed by atoms with E-state index >= 15 is 0 Å². The van der Waals surface area contributed by atoms with Crippen LogP contribution in [-0.2, 0) is 12.0 Å². The SMILES string of the molecule is CCCCn1c(-c2ccc(C(C)(C)C)cc2)nc2ccccc21. The van der Waals surface area contributed by atoms with E-state index in [2.05, 4.69) is 80.8 Å². The number of benzene rings is 2. The maximum Gasteiger partial charge on any atom is 0.141 e. The van der Waals surface area contributed by atoms with E-state index in [4.69, 9.17) is 4.98 Å². The minimum Gasteiger partial charge on any atom is -0.324 e. The molecule has 0 fully saturated rings. The molecule has 120 valence electrons. The van der Waals surface area contributed by atoms with Crippen molar-refractivity contribution in [1.82, 2.24) is 9.55 Å². The van der Waals surface area contributed by atoms with E-state index < -0.39 is 0 Å². The molecule has 0 unspecified atom stereocenters. The fraction of sp³-hybridized carbons (Fsp3) is 0.381. The number of rotatable bonds is 4. The summed E-state index contributed by atoms with van der Waals surface area (Å²) in [6, 6.07) is 17.3. The van der Waals surface area contributed by atoms with Crippen LogP contribution >= 0.6 is 0 Å². The van der Waals surface area contributed by atoms with Gasteiger partial charge < -0.3 is 4.57 Å². The molecule has 0 atom stereocenters. The molecular weight excluding hydrogens is 280 g/mol. The third-order valence-corrected chi connectivity index (χ3v) is 4.40. The molecule has 23 heavy (non-hydrogen) atoms. The van der Waals surface area contributed by atoms with Crippen molar-refractivity contribution < 1.29 is 0 Å². The Bertz CT molecular complexity index is 789. The van der Waals surface area contributed by atoms with Crippen molar-refractivity contribution >= 4 is 11.0 Å². The highest BCUT2D eigenvalue weighted by Gasteiger charge is 2.15. The van der Waals surface area contributed by atoms with E-state index in [1.807, 2.05) is 0 Å². The van der Waals surface area contributed by atoms with E-state index in [-0.39, 0.29) is 5.41 Å². The number of aryl methyl sites for hydroxylation is 1. The lowest BCUT2D eigenvalue weighted by atomic mass is 9.87. The summed E-state index contributed by atoms with van der Waals surface area (Å²) in [5.74, 6) is 1.08. The number of nitrogens with zero attached hydrogens (tertiary/aromatic N) is 2. The average molecular weight is 306 g/mol. The van der Waals surface area contributed by atoms with Crippen LogP contribution in [0.1, 0.15) is 46.1 Å². The van der Waals surface area contributed by atoms with Gasteiger partial charge in [-0.05, 0) is 29.5 Å². The van der Waals surface area contributed by atoms with Gasteiger partial charge in [0.2, 0.25) is 0 Å². The third kappa shape index (κ3) is 3.17. The molecule has 0 amide bonds. The Balaban J connectivity index is 2.08. The summed E-state index contributed by atoms with van der Waals surface area (Å²) in [6.07, 6.45) is 2.36. The van der Waals surface area contributed by atoms with Gasteiger partial charge in [-0.2, -0.15) is 0 Å². The Kier molecular flexibility index (Phi) is 4.25. The normalized spacial score (nSPS) is 12.0. The van der Waals surface area contributed by atoms with Crippen LogP contribution in [-0.4, -0.2) is 9.55 Å². The summed E-state index contributed by atoms with van der Waals surface area (Å²) in [5.41, 5.74) is 5.05. The first-order chi connectivity index (χ1) is 11.0. The van der Waals surface area contributed by atoms with Crippen molar-refractivity contribution in [2.24, 2.45) is 0 Å². The Labute approximate surface area is 139 Å². The lowest BCUT2D eigenvalue weighted by Crippen LogP contribution is -2.10. The second-order valence-electron chi connectivity index (χ2n) is 7.26. The number of unbranched alkanes of at least 4 members (excludes halogenated alkanes) is 1. The lowest BCUT2D eigenvalue weighted by Gasteiger charge is -2.19. The van der Waals surface area contributed by atoms with Crippen molar-refractivity contribution in [3.63, 3.8) is 0 Å². The molecule has 2 heteroatoms. The van der Waals surface area contributed by atoms with E-state index in [1.54, 1.807) is 0 Å². The molecule has 2 nitrogen and oxygen atoms in total. The Morgan fingerprint density at radius 3 is 2.30 bits per heavy atom. The zero-order valence-electron chi connectivity index (χ0n) is 14.6. The topological polar surface area (TPSA) is 17.8 Å². The van der Waals surface area contributed by atoms with Crippen LogP contribution in [0.25, 0.3) is 22.4 Å². The van der Waals surface area contributed by atoms with Crippen molar-refractivity contribution in [3.05, 3.63) is 54.1 Å².